The Balaban J connectivity index is 1.35. The Morgan fingerprint density at radius 2 is 2.27 bits per heavy atom. The fourth-order valence-corrected chi connectivity index (χ4v) is 4.81. The standard InChI is InChI=1S/C18H25NO3/c1-21-15-11-12(3-4-14(15)20)5-9-19-16-13-6-10-22-17(13)18(16)7-2-8-18/h3-4,11,13,16-17,19-20H,2,5-10H2,1H3/t13-,16-,17+/m1/s1. The van der Waals surface area contributed by atoms with Gasteiger partial charge in [0.25, 0.3) is 0 Å². The first kappa shape index (κ1) is 14.3. The predicted molar refractivity (Wildman–Crippen MR) is 84.3 cm³/mol. The highest BCUT2D eigenvalue weighted by Crippen LogP contribution is 2.62. The first-order valence-electron chi connectivity index (χ1n) is 8.45. The van der Waals surface area contributed by atoms with Crippen LogP contribution in [0.2, 0.25) is 0 Å². The van der Waals surface area contributed by atoms with Gasteiger partial charge in [0.05, 0.1) is 13.2 Å². The third kappa shape index (κ3) is 2.04. The molecule has 1 aromatic carbocycles. The minimum absolute atomic E-state index is 0.206. The number of aromatic hydroxyl groups is 1. The number of rotatable bonds is 5. The molecule has 2 saturated carbocycles. The molecule has 1 heterocycles. The fraction of sp³-hybridized carbons (Fsp3) is 0.667. The molecule has 22 heavy (non-hydrogen) atoms. The van der Waals surface area contributed by atoms with E-state index in [1.54, 1.807) is 13.2 Å². The normalized spacial score (nSPS) is 31.4. The number of fused-ring (bicyclic) bond motifs is 2. The van der Waals surface area contributed by atoms with E-state index in [1.807, 2.05) is 12.1 Å². The number of nitrogens with one attached hydrogen (secondary N) is 1. The second-order valence-electron chi connectivity index (χ2n) is 7.02. The van der Waals surface area contributed by atoms with Gasteiger partial charge in [-0.15, -0.1) is 0 Å². The molecular weight excluding hydrogens is 278 g/mol. The number of ether oxygens (including phenoxy) is 2. The maximum absolute atomic E-state index is 9.65. The zero-order valence-electron chi connectivity index (χ0n) is 13.2. The topological polar surface area (TPSA) is 50.7 Å². The molecule has 3 aliphatic rings. The average Bonchev–Trinajstić information content (AvgIpc) is 2.88. The second kappa shape index (κ2) is 5.43. The average molecular weight is 303 g/mol. The summed E-state index contributed by atoms with van der Waals surface area (Å²) in [4.78, 5) is 0. The van der Waals surface area contributed by atoms with Crippen LogP contribution in [0.15, 0.2) is 18.2 Å². The number of hydrogen-bond acceptors (Lipinski definition) is 4. The lowest BCUT2D eigenvalue weighted by Gasteiger charge is -2.63. The molecule has 1 aliphatic heterocycles. The van der Waals surface area contributed by atoms with E-state index in [9.17, 15) is 5.11 Å². The van der Waals surface area contributed by atoms with Gasteiger partial charge in [0, 0.05) is 24.0 Å². The third-order valence-electron chi connectivity index (χ3n) is 6.06. The van der Waals surface area contributed by atoms with E-state index in [0.717, 1.165) is 25.5 Å². The summed E-state index contributed by atoms with van der Waals surface area (Å²) in [5.41, 5.74) is 1.65. The Hall–Kier alpha value is -1.26. The van der Waals surface area contributed by atoms with Crippen LogP contribution in [-0.2, 0) is 11.2 Å². The molecule has 2 aliphatic carbocycles. The Morgan fingerprint density at radius 3 is 3.00 bits per heavy atom. The number of methoxy groups -OCH3 is 1. The number of benzene rings is 1. The lowest BCUT2D eigenvalue weighted by Crippen LogP contribution is -2.71. The molecule has 4 rings (SSSR count). The van der Waals surface area contributed by atoms with Crippen LogP contribution in [0, 0.1) is 11.3 Å². The minimum Gasteiger partial charge on any atom is -0.504 e. The Labute approximate surface area is 131 Å². The van der Waals surface area contributed by atoms with Crippen molar-refractivity contribution in [3.8, 4) is 11.5 Å². The summed E-state index contributed by atoms with van der Waals surface area (Å²) in [5.74, 6) is 1.49. The van der Waals surface area contributed by atoms with Crippen LogP contribution < -0.4 is 10.1 Å². The lowest BCUT2D eigenvalue weighted by atomic mass is 9.46. The van der Waals surface area contributed by atoms with Gasteiger partial charge >= 0.3 is 0 Å². The van der Waals surface area contributed by atoms with Gasteiger partial charge in [0.15, 0.2) is 11.5 Å². The molecule has 120 valence electrons. The van der Waals surface area contributed by atoms with E-state index < -0.39 is 0 Å². The molecule has 0 amide bonds. The van der Waals surface area contributed by atoms with Crippen LogP contribution in [0.25, 0.3) is 0 Å². The van der Waals surface area contributed by atoms with Gasteiger partial charge in [0.1, 0.15) is 0 Å². The second-order valence-corrected chi connectivity index (χ2v) is 7.02. The van der Waals surface area contributed by atoms with Gasteiger partial charge in [-0.05, 0) is 49.9 Å². The quantitative estimate of drug-likeness (QED) is 0.877. The zero-order valence-corrected chi connectivity index (χ0v) is 13.2. The van der Waals surface area contributed by atoms with Crippen molar-refractivity contribution in [1.82, 2.24) is 5.32 Å². The summed E-state index contributed by atoms with van der Waals surface area (Å²) in [7, 11) is 1.59. The van der Waals surface area contributed by atoms with Crippen LogP contribution in [0.5, 0.6) is 11.5 Å². The molecule has 0 aromatic heterocycles. The van der Waals surface area contributed by atoms with Crippen molar-refractivity contribution in [2.24, 2.45) is 11.3 Å². The molecule has 1 saturated heterocycles. The van der Waals surface area contributed by atoms with E-state index in [4.69, 9.17) is 9.47 Å². The van der Waals surface area contributed by atoms with Crippen LogP contribution in [0.3, 0.4) is 0 Å². The van der Waals surface area contributed by atoms with Crippen molar-refractivity contribution in [2.75, 3.05) is 20.3 Å². The third-order valence-corrected chi connectivity index (χ3v) is 6.06. The van der Waals surface area contributed by atoms with E-state index in [1.165, 1.54) is 31.2 Å². The predicted octanol–water partition coefficient (Wildman–Crippen LogP) is 2.49. The minimum atomic E-state index is 0.206. The number of phenols is 1. The van der Waals surface area contributed by atoms with E-state index >= 15 is 0 Å². The maximum Gasteiger partial charge on any atom is 0.160 e. The summed E-state index contributed by atoms with van der Waals surface area (Å²) in [5, 5.41) is 13.5. The number of phenolic OH excluding ortho intramolecular Hbond substituents is 1. The van der Waals surface area contributed by atoms with Crippen molar-refractivity contribution in [2.45, 2.75) is 44.2 Å². The van der Waals surface area contributed by atoms with Gasteiger partial charge in [-0.25, -0.2) is 0 Å². The molecule has 0 bridgehead atoms. The van der Waals surface area contributed by atoms with Crippen molar-refractivity contribution < 1.29 is 14.6 Å². The summed E-state index contributed by atoms with van der Waals surface area (Å²) in [6.07, 6.45) is 6.74. The van der Waals surface area contributed by atoms with Gasteiger partial charge < -0.3 is 19.9 Å². The first-order valence-corrected chi connectivity index (χ1v) is 8.45. The molecule has 1 spiro atoms. The van der Waals surface area contributed by atoms with E-state index in [-0.39, 0.29) is 5.75 Å². The summed E-state index contributed by atoms with van der Waals surface area (Å²) in [6, 6.07) is 6.26. The highest BCUT2D eigenvalue weighted by molar-refractivity contribution is 5.41. The van der Waals surface area contributed by atoms with Gasteiger partial charge in [-0.1, -0.05) is 12.5 Å². The van der Waals surface area contributed by atoms with E-state index in [2.05, 4.69) is 5.32 Å². The molecule has 0 radical (unpaired) electrons. The fourth-order valence-electron chi connectivity index (χ4n) is 4.81. The Morgan fingerprint density at radius 1 is 1.41 bits per heavy atom. The maximum atomic E-state index is 9.65. The van der Waals surface area contributed by atoms with Crippen molar-refractivity contribution >= 4 is 0 Å². The Bertz CT molecular complexity index is 555. The van der Waals surface area contributed by atoms with Crippen LogP contribution in [0.4, 0.5) is 0 Å². The largest absolute Gasteiger partial charge is 0.504 e. The summed E-state index contributed by atoms with van der Waals surface area (Å²) < 4.78 is 11.1. The molecular formula is C18H25NO3. The molecule has 3 fully saturated rings. The molecule has 4 heteroatoms. The lowest BCUT2D eigenvalue weighted by molar-refractivity contribution is -0.175. The molecule has 4 nitrogen and oxygen atoms in total. The molecule has 3 atom stereocenters. The summed E-state index contributed by atoms with van der Waals surface area (Å²) in [6.45, 7) is 1.92. The molecule has 1 aromatic rings. The van der Waals surface area contributed by atoms with Gasteiger partial charge in [-0.2, -0.15) is 0 Å². The van der Waals surface area contributed by atoms with Gasteiger partial charge in [-0.3, -0.25) is 0 Å². The highest BCUT2D eigenvalue weighted by atomic mass is 16.5. The van der Waals surface area contributed by atoms with Crippen LogP contribution in [-0.4, -0.2) is 37.5 Å². The monoisotopic (exact) mass is 303 g/mol. The Kier molecular flexibility index (Phi) is 3.54. The number of hydrogen-bond donors (Lipinski definition) is 2. The van der Waals surface area contributed by atoms with Gasteiger partial charge in [0.2, 0.25) is 0 Å². The smallest absolute Gasteiger partial charge is 0.160 e. The molecule has 0 unspecified atom stereocenters. The van der Waals surface area contributed by atoms with Crippen molar-refractivity contribution in [3.05, 3.63) is 23.8 Å². The highest BCUT2D eigenvalue weighted by Gasteiger charge is 2.66. The molecule has 2 N–H and O–H groups in total. The zero-order chi connectivity index (χ0) is 15.2. The summed E-state index contributed by atoms with van der Waals surface area (Å²) >= 11 is 0. The van der Waals surface area contributed by atoms with E-state index in [0.29, 0.717) is 23.3 Å². The van der Waals surface area contributed by atoms with Crippen LogP contribution >= 0.6 is 0 Å². The first-order chi connectivity index (χ1) is 10.7. The SMILES string of the molecule is COc1cc(CCN[C@@H]2[C@H]3CCO[C@@H]3C23CCC3)ccc1O. The van der Waals surface area contributed by atoms with Crippen molar-refractivity contribution in [1.29, 1.82) is 0 Å². The van der Waals surface area contributed by atoms with Crippen LogP contribution in [0.1, 0.15) is 31.2 Å². The van der Waals surface area contributed by atoms with Crippen molar-refractivity contribution in [3.63, 3.8) is 0 Å².